The smallest absolute Gasteiger partial charge is 0.0220 e. The van der Waals surface area contributed by atoms with Crippen molar-refractivity contribution in [3.05, 3.63) is 0 Å². The molecule has 4 atom stereocenters. The van der Waals surface area contributed by atoms with E-state index >= 15 is 0 Å². The van der Waals surface area contributed by atoms with Crippen molar-refractivity contribution >= 4 is 0 Å². The Labute approximate surface area is 196 Å². The van der Waals surface area contributed by atoms with E-state index in [4.69, 9.17) is 0 Å². The van der Waals surface area contributed by atoms with Crippen LogP contribution < -0.4 is 0 Å². The van der Waals surface area contributed by atoms with Crippen LogP contribution in [0, 0.1) is 56.7 Å². The lowest BCUT2D eigenvalue weighted by molar-refractivity contribution is 0.0313. The third kappa shape index (κ3) is 4.07. The quantitative estimate of drug-likeness (QED) is 0.360. The first kappa shape index (κ1) is 24.1. The predicted octanol–water partition coefficient (Wildman–Crippen LogP) is 9.91. The highest BCUT2D eigenvalue weighted by Gasteiger charge is 2.64. The molecule has 7 aliphatic rings. The minimum atomic E-state index is 0.583. The van der Waals surface area contributed by atoms with E-state index in [-0.39, 0.29) is 0 Å². The minimum absolute atomic E-state index is 0.583. The van der Waals surface area contributed by atoms with Crippen LogP contribution >= 0.6 is 0 Å². The standard InChI is InChI=1S/C12H22.C10H18.C9H16/c1-10(2)8-9-6-7-12(10,5)11(9,3)4;1-10(2)7-8-3-5-9(10)6-4-8;1-9(2)6-7-3-4-8(9)5-7/h9H,6-8H2,1-5H3;8-9H,3-7H2,1-2H3;7-8H,3-6H2,1-2H3. The van der Waals surface area contributed by atoms with Gasteiger partial charge in [0.25, 0.3) is 0 Å². The summed E-state index contributed by atoms with van der Waals surface area (Å²) in [5.41, 5.74) is 3.19. The summed E-state index contributed by atoms with van der Waals surface area (Å²) >= 11 is 0. The van der Waals surface area contributed by atoms with E-state index in [0.29, 0.717) is 27.1 Å². The summed E-state index contributed by atoms with van der Waals surface area (Å²) in [6.07, 6.45) is 18.1. The summed E-state index contributed by atoms with van der Waals surface area (Å²) in [7, 11) is 0. The molecule has 7 saturated carbocycles. The van der Waals surface area contributed by atoms with E-state index in [0.717, 1.165) is 29.6 Å². The van der Waals surface area contributed by atoms with Crippen molar-refractivity contribution in [1.29, 1.82) is 0 Å². The number of fused-ring (bicyclic) bond motifs is 7. The minimum Gasteiger partial charge on any atom is -0.0596 e. The highest BCUT2D eigenvalue weighted by Crippen LogP contribution is 2.72. The zero-order chi connectivity index (χ0) is 22.9. The predicted molar refractivity (Wildman–Crippen MR) is 136 cm³/mol. The number of hydrogen-bond donors (Lipinski definition) is 0. The van der Waals surface area contributed by atoms with E-state index < -0.39 is 0 Å². The van der Waals surface area contributed by atoms with Crippen LogP contribution in [-0.2, 0) is 0 Å². The maximum atomic E-state index is 2.51. The van der Waals surface area contributed by atoms with Crippen molar-refractivity contribution in [1.82, 2.24) is 0 Å². The molecule has 0 aromatic rings. The van der Waals surface area contributed by atoms with Gasteiger partial charge in [-0.25, -0.2) is 0 Å². The fourth-order valence-electron chi connectivity index (χ4n) is 9.94. The van der Waals surface area contributed by atoms with Crippen LogP contribution in [0.2, 0.25) is 0 Å². The van der Waals surface area contributed by atoms with Crippen molar-refractivity contribution in [3.63, 3.8) is 0 Å². The zero-order valence-electron chi connectivity index (χ0n) is 22.9. The maximum absolute atomic E-state index is 2.51. The van der Waals surface area contributed by atoms with Crippen LogP contribution in [0.25, 0.3) is 0 Å². The Hall–Kier alpha value is 0. The second-order valence-corrected chi connectivity index (χ2v) is 15.9. The van der Waals surface area contributed by atoms with Gasteiger partial charge in [-0.1, -0.05) is 81.6 Å². The van der Waals surface area contributed by atoms with Gasteiger partial charge in [0.1, 0.15) is 0 Å². The molecular formula is C31H56. The summed E-state index contributed by atoms with van der Waals surface area (Å²) in [6.45, 7) is 22.2. The Balaban J connectivity index is 0.000000113. The first-order valence-corrected chi connectivity index (χ1v) is 14.2. The molecule has 0 nitrogen and oxygen atoms in total. The second-order valence-electron chi connectivity index (χ2n) is 15.9. The maximum Gasteiger partial charge on any atom is -0.0220 e. The van der Waals surface area contributed by atoms with Gasteiger partial charge < -0.3 is 0 Å². The molecule has 0 radical (unpaired) electrons. The van der Waals surface area contributed by atoms with E-state index in [1.165, 1.54) is 70.6 Å². The van der Waals surface area contributed by atoms with E-state index in [1.807, 2.05) is 0 Å². The molecule has 0 saturated heterocycles. The molecule has 0 N–H and O–H groups in total. The van der Waals surface area contributed by atoms with Gasteiger partial charge in [0.05, 0.1) is 0 Å². The molecule has 0 amide bonds. The van der Waals surface area contributed by atoms with Crippen LogP contribution in [-0.4, -0.2) is 0 Å². The van der Waals surface area contributed by atoms with Crippen LogP contribution in [0.5, 0.6) is 0 Å². The summed E-state index contributed by atoms with van der Waals surface area (Å²) in [4.78, 5) is 0. The third-order valence-electron chi connectivity index (χ3n) is 12.9. The average molecular weight is 429 g/mol. The summed E-state index contributed by atoms with van der Waals surface area (Å²) in [6, 6.07) is 0. The van der Waals surface area contributed by atoms with Gasteiger partial charge >= 0.3 is 0 Å². The molecule has 6 bridgehead atoms. The molecule has 0 aliphatic heterocycles. The van der Waals surface area contributed by atoms with Crippen molar-refractivity contribution < 1.29 is 0 Å². The molecule has 0 aromatic carbocycles. The van der Waals surface area contributed by atoms with Crippen LogP contribution in [0.3, 0.4) is 0 Å². The molecule has 180 valence electrons. The van der Waals surface area contributed by atoms with Crippen LogP contribution in [0.15, 0.2) is 0 Å². The lowest BCUT2D eigenvalue weighted by Crippen LogP contribution is -2.37. The Morgan fingerprint density at radius 2 is 1.00 bits per heavy atom. The number of hydrogen-bond acceptors (Lipinski definition) is 0. The van der Waals surface area contributed by atoms with Gasteiger partial charge in [-0.05, 0) is 114 Å². The van der Waals surface area contributed by atoms with Crippen molar-refractivity contribution in [2.45, 2.75) is 139 Å². The topological polar surface area (TPSA) is 0 Å². The molecule has 7 aliphatic carbocycles. The molecular weight excluding hydrogens is 372 g/mol. The van der Waals surface area contributed by atoms with Gasteiger partial charge in [0.2, 0.25) is 0 Å². The third-order valence-corrected chi connectivity index (χ3v) is 12.9. The molecule has 0 aromatic heterocycles. The Morgan fingerprint density at radius 1 is 0.484 bits per heavy atom. The molecule has 4 unspecified atom stereocenters. The molecule has 0 heteroatoms. The summed E-state index contributed by atoms with van der Waals surface area (Å²) in [5, 5.41) is 0. The Morgan fingerprint density at radius 3 is 1.19 bits per heavy atom. The molecule has 0 heterocycles. The Bertz CT molecular complexity index is 641. The largest absolute Gasteiger partial charge is 0.0596 e. The van der Waals surface area contributed by atoms with Crippen LogP contribution in [0.1, 0.15) is 139 Å². The lowest BCUT2D eigenvalue weighted by atomic mass is 9.58. The van der Waals surface area contributed by atoms with Crippen molar-refractivity contribution in [2.75, 3.05) is 0 Å². The molecule has 0 spiro atoms. The molecule has 7 fully saturated rings. The van der Waals surface area contributed by atoms with Gasteiger partial charge in [-0.3, -0.25) is 0 Å². The SMILES string of the molecule is CC1(C)CC2CCC1(C)C2(C)C.CC1(C)CC2CCC1C2.CC1(C)CC2CCC1CC2. The van der Waals surface area contributed by atoms with Gasteiger partial charge in [-0.2, -0.15) is 0 Å². The van der Waals surface area contributed by atoms with E-state index in [2.05, 4.69) is 62.3 Å². The van der Waals surface area contributed by atoms with E-state index in [9.17, 15) is 0 Å². The summed E-state index contributed by atoms with van der Waals surface area (Å²) < 4.78 is 0. The van der Waals surface area contributed by atoms with Gasteiger partial charge in [0, 0.05) is 0 Å². The first-order valence-electron chi connectivity index (χ1n) is 14.2. The fourth-order valence-corrected chi connectivity index (χ4v) is 9.94. The van der Waals surface area contributed by atoms with Crippen molar-refractivity contribution in [2.24, 2.45) is 56.7 Å². The highest BCUT2D eigenvalue weighted by molar-refractivity contribution is 5.13. The zero-order valence-corrected chi connectivity index (χ0v) is 22.9. The highest BCUT2D eigenvalue weighted by atomic mass is 14.7. The normalized spacial score (nSPS) is 46.2. The van der Waals surface area contributed by atoms with Gasteiger partial charge in [0.15, 0.2) is 0 Å². The summed E-state index contributed by atoms with van der Waals surface area (Å²) in [5.74, 6) is 5.36. The number of rotatable bonds is 0. The first-order chi connectivity index (χ1) is 14.2. The molecule has 7 rings (SSSR count). The van der Waals surface area contributed by atoms with Crippen molar-refractivity contribution in [3.8, 4) is 0 Å². The Kier molecular flexibility index (Phi) is 6.05. The average Bonchev–Trinajstić information content (AvgIpc) is 3.32. The lowest BCUT2D eigenvalue weighted by Gasteiger charge is -2.48. The van der Waals surface area contributed by atoms with Gasteiger partial charge in [-0.15, -0.1) is 0 Å². The molecule has 31 heavy (non-hydrogen) atoms. The second kappa shape index (κ2) is 7.77. The van der Waals surface area contributed by atoms with Crippen LogP contribution in [0.4, 0.5) is 0 Å². The fraction of sp³-hybridized carbons (Fsp3) is 1.00. The van der Waals surface area contributed by atoms with E-state index in [1.54, 1.807) is 6.42 Å². The monoisotopic (exact) mass is 428 g/mol.